The van der Waals surface area contributed by atoms with Crippen molar-refractivity contribution in [2.75, 3.05) is 0 Å². The maximum Gasteiger partial charge on any atom is 0.108 e. The molecule has 0 amide bonds. The first-order valence-electron chi connectivity index (χ1n) is 7.46. The molecule has 1 unspecified atom stereocenters. The molecule has 2 aliphatic rings. The smallest absolute Gasteiger partial charge is 0.108 e. The summed E-state index contributed by atoms with van der Waals surface area (Å²) in [4.78, 5) is 0. The van der Waals surface area contributed by atoms with E-state index in [0.717, 1.165) is 6.42 Å². The zero-order valence-corrected chi connectivity index (χ0v) is 11.7. The van der Waals surface area contributed by atoms with E-state index in [0.29, 0.717) is 17.5 Å². The van der Waals surface area contributed by atoms with E-state index in [4.69, 9.17) is 4.42 Å². The first-order valence-corrected chi connectivity index (χ1v) is 7.46. The van der Waals surface area contributed by atoms with Crippen molar-refractivity contribution in [1.29, 1.82) is 0 Å². The molecule has 2 heteroatoms. The van der Waals surface area contributed by atoms with E-state index < -0.39 is 0 Å². The number of hydrogen-bond acceptors (Lipinski definition) is 2. The van der Waals surface area contributed by atoms with Crippen LogP contribution in [0.1, 0.15) is 69.7 Å². The van der Waals surface area contributed by atoms with E-state index in [1.165, 1.54) is 49.8 Å². The highest BCUT2D eigenvalue weighted by molar-refractivity contribution is 5.24. The van der Waals surface area contributed by atoms with Crippen LogP contribution in [0, 0.1) is 5.41 Å². The Bertz CT molecular complexity index is 397. The second kappa shape index (κ2) is 4.73. The van der Waals surface area contributed by atoms with E-state index in [1.54, 1.807) is 0 Å². The van der Waals surface area contributed by atoms with E-state index in [9.17, 15) is 0 Å². The van der Waals surface area contributed by atoms with Crippen molar-refractivity contribution < 1.29 is 4.42 Å². The molecule has 1 aromatic heterocycles. The van der Waals surface area contributed by atoms with Crippen molar-refractivity contribution in [2.24, 2.45) is 5.41 Å². The lowest BCUT2D eigenvalue weighted by molar-refractivity contribution is 0.194. The maximum atomic E-state index is 5.57. The van der Waals surface area contributed by atoms with Gasteiger partial charge in [0.15, 0.2) is 0 Å². The van der Waals surface area contributed by atoms with Crippen molar-refractivity contribution in [3.8, 4) is 0 Å². The summed E-state index contributed by atoms with van der Waals surface area (Å²) in [5.41, 5.74) is 1.98. The quantitative estimate of drug-likeness (QED) is 0.846. The van der Waals surface area contributed by atoms with Crippen LogP contribution in [-0.4, -0.2) is 6.04 Å². The minimum atomic E-state index is 0.540. The van der Waals surface area contributed by atoms with E-state index in [1.807, 2.05) is 6.26 Å². The Morgan fingerprint density at radius 3 is 2.78 bits per heavy atom. The van der Waals surface area contributed by atoms with E-state index >= 15 is 0 Å². The fourth-order valence-corrected chi connectivity index (χ4v) is 3.51. The zero-order valence-electron chi connectivity index (χ0n) is 11.7. The minimum absolute atomic E-state index is 0.540. The molecule has 0 radical (unpaired) electrons. The summed E-state index contributed by atoms with van der Waals surface area (Å²) in [6, 6.07) is 3.42. The average molecular weight is 247 g/mol. The molecule has 1 atom stereocenters. The first kappa shape index (κ1) is 12.3. The van der Waals surface area contributed by atoms with Crippen LogP contribution in [0.15, 0.2) is 16.7 Å². The third kappa shape index (κ3) is 2.49. The van der Waals surface area contributed by atoms with Gasteiger partial charge in [0, 0.05) is 24.1 Å². The highest BCUT2D eigenvalue weighted by Crippen LogP contribution is 2.37. The maximum absolute atomic E-state index is 5.57. The summed E-state index contributed by atoms with van der Waals surface area (Å²) in [5, 5.41) is 3.88. The molecule has 1 saturated carbocycles. The molecule has 0 spiro atoms. The molecule has 2 aliphatic carbocycles. The molecular formula is C16H25NO. The zero-order chi connectivity index (χ0) is 12.6. The van der Waals surface area contributed by atoms with Crippen LogP contribution in [-0.2, 0) is 6.42 Å². The molecule has 18 heavy (non-hydrogen) atoms. The molecule has 0 aromatic carbocycles. The summed E-state index contributed by atoms with van der Waals surface area (Å²) in [5.74, 6) is 1.22. The number of rotatable bonds is 2. The lowest BCUT2D eigenvalue weighted by Crippen LogP contribution is -2.38. The van der Waals surface area contributed by atoms with Gasteiger partial charge in [-0.2, -0.15) is 0 Å². The lowest BCUT2D eigenvalue weighted by Gasteiger charge is -2.37. The monoisotopic (exact) mass is 247 g/mol. The molecule has 1 fully saturated rings. The predicted octanol–water partition coefficient (Wildman–Crippen LogP) is 4.22. The third-order valence-corrected chi connectivity index (χ3v) is 4.83. The van der Waals surface area contributed by atoms with Crippen LogP contribution in [0.4, 0.5) is 0 Å². The van der Waals surface area contributed by atoms with Crippen molar-refractivity contribution >= 4 is 0 Å². The van der Waals surface area contributed by atoms with Gasteiger partial charge >= 0.3 is 0 Å². The van der Waals surface area contributed by atoms with Gasteiger partial charge in [-0.15, -0.1) is 0 Å². The molecule has 1 aromatic rings. The first-order chi connectivity index (χ1) is 8.64. The number of furan rings is 1. The normalized spacial score (nSPS) is 28.0. The van der Waals surface area contributed by atoms with Gasteiger partial charge in [-0.05, 0) is 50.0 Å². The number of fused-ring (bicyclic) bond motifs is 1. The van der Waals surface area contributed by atoms with Crippen molar-refractivity contribution in [3.05, 3.63) is 23.7 Å². The van der Waals surface area contributed by atoms with Gasteiger partial charge in [-0.1, -0.05) is 13.8 Å². The van der Waals surface area contributed by atoms with Crippen LogP contribution in [0.5, 0.6) is 0 Å². The van der Waals surface area contributed by atoms with Gasteiger partial charge in [-0.25, -0.2) is 0 Å². The predicted molar refractivity (Wildman–Crippen MR) is 73.6 cm³/mol. The molecular weight excluding hydrogens is 222 g/mol. The number of hydrogen-bond donors (Lipinski definition) is 1. The third-order valence-electron chi connectivity index (χ3n) is 4.83. The van der Waals surface area contributed by atoms with Crippen LogP contribution < -0.4 is 5.32 Å². The Balaban J connectivity index is 1.62. The van der Waals surface area contributed by atoms with Crippen molar-refractivity contribution in [2.45, 2.75) is 70.9 Å². The standard InChI is InChI=1S/C16H25NO/c1-16(2)9-6-12(7-10-16)17-14-4-3-5-15-13(14)8-11-18-15/h8,11-12,14,17H,3-7,9-10H2,1-2H3. The van der Waals surface area contributed by atoms with Gasteiger partial charge in [0.1, 0.15) is 5.76 Å². The van der Waals surface area contributed by atoms with Gasteiger partial charge < -0.3 is 9.73 Å². The summed E-state index contributed by atoms with van der Waals surface area (Å²) in [6.45, 7) is 4.80. The molecule has 0 aliphatic heterocycles. The Labute approximate surface area is 110 Å². The second-order valence-corrected chi connectivity index (χ2v) is 6.85. The summed E-state index contributed by atoms with van der Waals surface area (Å²) >= 11 is 0. The van der Waals surface area contributed by atoms with Gasteiger partial charge in [0.2, 0.25) is 0 Å². The summed E-state index contributed by atoms with van der Waals surface area (Å²) in [6.07, 6.45) is 10.9. The fourth-order valence-electron chi connectivity index (χ4n) is 3.51. The number of aryl methyl sites for hydroxylation is 1. The van der Waals surface area contributed by atoms with Crippen molar-refractivity contribution in [3.63, 3.8) is 0 Å². The molecule has 1 N–H and O–H groups in total. The van der Waals surface area contributed by atoms with Crippen LogP contribution in [0.3, 0.4) is 0 Å². The summed E-state index contributed by atoms with van der Waals surface area (Å²) in [7, 11) is 0. The fraction of sp³-hybridized carbons (Fsp3) is 0.750. The molecule has 100 valence electrons. The van der Waals surface area contributed by atoms with E-state index in [-0.39, 0.29) is 0 Å². The Kier molecular flexibility index (Phi) is 3.23. The molecule has 0 bridgehead atoms. The lowest BCUT2D eigenvalue weighted by atomic mass is 9.75. The van der Waals surface area contributed by atoms with Crippen LogP contribution >= 0.6 is 0 Å². The minimum Gasteiger partial charge on any atom is -0.469 e. The largest absolute Gasteiger partial charge is 0.469 e. The molecule has 3 rings (SSSR count). The van der Waals surface area contributed by atoms with Gasteiger partial charge in [-0.3, -0.25) is 0 Å². The topological polar surface area (TPSA) is 25.2 Å². The molecule has 0 saturated heterocycles. The SMILES string of the molecule is CC1(C)CCC(NC2CCCc3occc32)CC1. The second-order valence-electron chi connectivity index (χ2n) is 6.85. The van der Waals surface area contributed by atoms with Gasteiger partial charge in [0.25, 0.3) is 0 Å². The molecule has 1 heterocycles. The Morgan fingerprint density at radius 2 is 2.00 bits per heavy atom. The number of nitrogens with one attached hydrogen (secondary N) is 1. The average Bonchev–Trinajstić information content (AvgIpc) is 2.81. The van der Waals surface area contributed by atoms with Crippen LogP contribution in [0.25, 0.3) is 0 Å². The highest BCUT2D eigenvalue weighted by atomic mass is 16.3. The Morgan fingerprint density at radius 1 is 1.22 bits per heavy atom. The van der Waals surface area contributed by atoms with E-state index in [2.05, 4.69) is 25.2 Å². The Hall–Kier alpha value is -0.760. The van der Waals surface area contributed by atoms with Crippen molar-refractivity contribution in [1.82, 2.24) is 5.32 Å². The van der Waals surface area contributed by atoms with Crippen LogP contribution in [0.2, 0.25) is 0 Å². The summed E-state index contributed by atoms with van der Waals surface area (Å²) < 4.78 is 5.57. The molecule has 2 nitrogen and oxygen atoms in total. The highest BCUT2D eigenvalue weighted by Gasteiger charge is 2.30. The van der Waals surface area contributed by atoms with Gasteiger partial charge in [0.05, 0.1) is 6.26 Å².